The molecule has 1 N–H and O–H groups in total. The van der Waals surface area contributed by atoms with E-state index in [0.717, 1.165) is 69.5 Å². The zero-order valence-electron chi connectivity index (χ0n) is 18.9. The molecule has 3 aliphatic heterocycles. The fourth-order valence-electron chi connectivity index (χ4n) is 5.05. The van der Waals surface area contributed by atoms with Gasteiger partial charge in [0.25, 0.3) is 5.91 Å². The summed E-state index contributed by atoms with van der Waals surface area (Å²) < 4.78 is 0. The third-order valence-corrected chi connectivity index (χ3v) is 7.56. The number of nitrogens with zero attached hydrogens (tertiary/aromatic N) is 4. The lowest BCUT2D eigenvalue weighted by atomic mass is 9.95. The van der Waals surface area contributed by atoms with Gasteiger partial charge in [0.05, 0.1) is 17.1 Å². The number of anilines is 3. The van der Waals surface area contributed by atoms with E-state index in [1.165, 1.54) is 11.3 Å². The summed E-state index contributed by atoms with van der Waals surface area (Å²) in [7, 11) is 0. The smallest absolute Gasteiger partial charge is 0.253 e. The number of hydrogen-bond donors (Lipinski definition) is 1. The van der Waals surface area contributed by atoms with Crippen LogP contribution in [0.5, 0.6) is 0 Å². The van der Waals surface area contributed by atoms with Gasteiger partial charge in [-0.05, 0) is 63.6 Å². The zero-order valence-corrected chi connectivity index (χ0v) is 19.7. The molecular weight excluding hydrogens is 438 g/mol. The number of amides is 3. The molecule has 0 radical (unpaired) electrons. The molecule has 0 bridgehead atoms. The molecule has 33 heavy (non-hydrogen) atoms. The van der Waals surface area contributed by atoms with Crippen LogP contribution in [0.15, 0.2) is 23.6 Å². The largest absolute Gasteiger partial charge is 0.358 e. The number of carbonyl (C=O) groups excluding carboxylic acids is 3. The lowest BCUT2D eigenvalue weighted by Gasteiger charge is -2.45. The van der Waals surface area contributed by atoms with Gasteiger partial charge in [0.1, 0.15) is 12.6 Å². The molecule has 4 heterocycles. The van der Waals surface area contributed by atoms with Crippen LogP contribution in [-0.2, 0) is 9.59 Å². The van der Waals surface area contributed by atoms with Crippen LogP contribution in [-0.4, -0.2) is 59.8 Å². The number of aromatic nitrogens is 1. The van der Waals surface area contributed by atoms with Crippen LogP contribution in [0.1, 0.15) is 54.6 Å². The van der Waals surface area contributed by atoms with Crippen LogP contribution in [0.3, 0.4) is 0 Å². The second-order valence-corrected chi connectivity index (χ2v) is 9.89. The van der Waals surface area contributed by atoms with Gasteiger partial charge in [-0.3, -0.25) is 19.3 Å². The molecule has 2 aromatic rings. The van der Waals surface area contributed by atoms with Gasteiger partial charge >= 0.3 is 0 Å². The molecular formula is C24H29N5O3S. The van der Waals surface area contributed by atoms with Crippen molar-refractivity contribution >= 4 is 45.6 Å². The van der Waals surface area contributed by atoms with Crippen LogP contribution in [0, 0.1) is 6.92 Å². The van der Waals surface area contributed by atoms with Crippen LogP contribution >= 0.6 is 11.3 Å². The van der Waals surface area contributed by atoms with E-state index in [1.807, 2.05) is 29.3 Å². The first-order valence-electron chi connectivity index (χ1n) is 11.7. The number of aryl methyl sites for hydroxylation is 1. The number of rotatable bonds is 4. The van der Waals surface area contributed by atoms with Gasteiger partial charge < -0.3 is 15.1 Å². The van der Waals surface area contributed by atoms with Gasteiger partial charge in [0.15, 0.2) is 5.13 Å². The minimum absolute atomic E-state index is 0.00613. The minimum Gasteiger partial charge on any atom is -0.358 e. The molecule has 0 aliphatic carbocycles. The lowest BCUT2D eigenvalue weighted by molar-refractivity contribution is -0.123. The Morgan fingerprint density at radius 1 is 1.09 bits per heavy atom. The molecule has 5 rings (SSSR count). The summed E-state index contributed by atoms with van der Waals surface area (Å²) in [4.78, 5) is 49.4. The van der Waals surface area contributed by atoms with E-state index >= 15 is 0 Å². The second kappa shape index (κ2) is 9.13. The standard InChI is InChI=1S/C24H29N5O3S/c1-16-15-33-24(25-16)26-21(30)14-29-20-13-17(22(31)27-10-4-2-5-11-27)8-9-18(20)28-12-6-3-7-19(28)23(29)32/h8-9,13,15,19H,2-7,10-12,14H2,1H3,(H,25,26,30). The highest BCUT2D eigenvalue weighted by molar-refractivity contribution is 7.13. The maximum absolute atomic E-state index is 13.5. The minimum atomic E-state index is -0.291. The number of carbonyl (C=O) groups is 3. The Kier molecular flexibility index (Phi) is 6.05. The van der Waals surface area contributed by atoms with Gasteiger partial charge in [-0.2, -0.15) is 0 Å². The summed E-state index contributed by atoms with van der Waals surface area (Å²) in [5, 5.41) is 5.20. The van der Waals surface area contributed by atoms with Crippen molar-refractivity contribution in [1.82, 2.24) is 9.88 Å². The summed E-state index contributed by atoms with van der Waals surface area (Å²) >= 11 is 1.36. The Morgan fingerprint density at radius 2 is 1.88 bits per heavy atom. The Balaban J connectivity index is 1.45. The van der Waals surface area contributed by atoms with Crippen molar-refractivity contribution in [1.29, 1.82) is 0 Å². The first-order valence-corrected chi connectivity index (χ1v) is 12.6. The monoisotopic (exact) mass is 467 g/mol. The van der Waals surface area contributed by atoms with Crippen molar-refractivity contribution in [3.8, 4) is 0 Å². The fraction of sp³-hybridized carbons (Fsp3) is 0.500. The number of fused-ring (bicyclic) bond motifs is 3. The highest BCUT2D eigenvalue weighted by Crippen LogP contribution is 2.40. The van der Waals surface area contributed by atoms with E-state index in [9.17, 15) is 14.4 Å². The van der Waals surface area contributed by atoms with Crippen molar-refractivity contribution in [2.75, 3.05) is 41.3 Å². The van der Waals surface area contributed by atoms with Gasteiger partial charge in [0.2, 0.25) is 11.8 Å². The molecule has 2 saturated heterocycles. The van der Waals surface area contributed by atoms with Crippen LogP contribution in [0.2, 0.25) is 0 Å². The van der Waals surface area contributed by atoms with E-state index in [0.29, 0.717) is 16.4 Å². The predicted octanol–water partition coefficient (Wildman–Crippen LogP) is 3.42. The van der Waals surface area contributed by atoms with E-state index < -0.39 is 0 Å². The number of thiazole rings is 1. The Morgan fingerprint density at radius 3 is 2.64 bits per heavy atom. The van der Waals surface area contributed by atoms with Gasteiger partial charge in [-0.1, -0.05) is 0 Å². The lowest BCUT2D eigenvalue weighted by Crippen LogP contribution is -2.56. The number of piperidine rings is 2. The maximum atomic E-state index is 13.5. The molecule has 0 saturated carbocycles. The Labute approximate surface area is 197 Å². The average molecular weight is 468 g/mol. The van der Waals surface area contributed by atoms with E-state index in [1.54, 1.807) is 11.0 Å². The molecule has 2 fully saturated rings. The van der Waals surface area contributed by atoms with Crippen molar-refractivity contribution in [2.24, 2.45) is 0 Å². The van der Waals surface area contributed by atoms with E-state index in [4.69, 9.17) is 0 Å². The van der Waals surface area contributed by atoms with Crippen LogP contribution < -0.4 is 15.1 Å². The molecule has 8 nitrogen and oxygen atoms in total. The molecule has 3 amide bonds. The summed E-state index contributed by atoms with van der Waals surface area (Å²) in [6.45, 7) is 4.11. The predicted molar refractivity (Wildman–Crippen MR) is 129 cm³/mol. The second-order valence-electron chi connectivity index (χ2n) is 9.03. The van der Waals surface area contributed by atoms with Crippen molar-refractivity contribution in [3.05, 3.63) is 34.8 Å². The number of benzene rings is 1. The third-order valence-electron chi connectivity index (χ3n) is 6.69. The number of nitrogens with one attached hydrogen (secondary N) is 1. The molecule has 3 aliphatic rings. The molecule has 1 atom stereocenters. The van der Waals surface area contributed by atoms with Gasteiger partial charge in [-0.15, -0.1) is 11.3 Å². The summed E-state index contributed by atoms with van der Waals surface area (Å²) in [5.74, 6) is -0.371. The average Bonchev–Trinajstić information content (AvgIpc) is 3.25. The normalized spacial score (nSPS) is 20.3. The SMILES string of the molecule is Cc1csc(NC(=O)CN2C(=O)C3CCCCN3c3ccc(C(=O)N4CCCCC4)cc32)n1. The number of hydrogen-bond acceptors (Lipinski definition) is 6. The molecule has 9 heteroatoms. The first kappa shape index (κ1) is 21.9. The van der Waals surface area contributed by atoms with Crippen LogP contribution in [0.4, 0.5) is 16.5 Å². The fourth-order valence-corrected chi connectivity index (χ4v) is 5.75. The molecule has 1 aromatic carbocycles. The highest BCUT2D eigenvalue weighted by Gasteiger charge is 2.40. The molecule has 1 aromatic heterocycles. The highest BCUT2D eigenvalue weighted by atomic mass is 32.1. The Hall–Kier alpha value is -2.94. The van der Waals surface area contributed by atoms with Gasteiger partial charge in [-0.25, -0.2) is 4.98 Å². The van der Waals surface area contributed by atoms with Gasteiger partial charge in [0, 0.05) is 30.6 Å². The van der Waals surface area contributed by atoms with Crippen molar-refractivity contribution in [2.45, 2.75) is 51.5 Å². The first-order chi connectivity index (χ1) is 16.0. The van der Waals surface area contributed by atoms with Crippen molar-refractivity contribution in [3.63, 3.8) is 0 Å². The summed E-state index contributed by atoms with van der Waals surface area (Å²) in [6, 6.07) is 5.36. The Bertz CT molecular complexity index is 1080. The topological polar surface area (TPSA) is 85.8 Å². The van der Waals surface area contributed by atoms with Crippen molar-refractivity contribution < 1.29 is 14.4 Å². The quantitative estimate of drug-likeness (QED) is 0.745. The zero-order chi connectivity index (χ0) is 22.9. The maximum Gasteiger partial charge on any atom is 0.253 e. The summed E-state index contributed by atoms with van der Waals surface area (Å²) in [6.07, 6.45) is 5.99. The number of likely N-dealkylation sites (tertiary alicyclic amines) is 1. The van der Waals surface area contributed by atoms with Crippen LogP contribution in [0.25, 0.3) is 0 Å². The molecule has 0 spiro atoms. The van der Waals surface area contributed by atoms with E-state index in [-0.39, 0.29) is 30.3 Å². The third kappa shape index (κ3) is 4.34. The molecule has 174 valence electrons. The summed E-state index contributed by atoms with van der Waals surface area (Å²) in [5.41, 5.74) is 2.98. The van der Waals surface area contributed by atoms with E-state index in [2.05, 4.69) is 15.2 Å². The molecule has 1 unspecified atom stereocenters.